The van der Waals surface area contributed by atoms with Crippen LogP contribution < -0.4 is 4.90 Å². The molecule has 1 aromatic heterocycles. The largest absolute Gasteiger partial charge is 0.369 e. The SMILES string of the molecule is CC1CCN(c2cnc(Cl)nc2)CC1. The number of hydrogen-bond acceptors (Lipinski definition) is 3. The second kappa shape index (κ2) is 4.13. The van der Waals surface area contributed by atoms with Crippen LogP contribution in [-0.2, 0) is 0 Å². The highest BCUT2D eigenvalue weighted by molar-refractivity contribution is 6.28. The van der Waals surface area contributed by atoms with E-state index < -0.39 is 0 Å². The summed E-state index contributed by atoms with van der Waals surface area (Å²) in [7, 11) is 0. The van der Waals surface area contributed by atoms with Crippen LogP contribution in [0.25, 0.3) is 0 Å². The molecule has 2 rings (SSSR count). The molecule has 0 spiro atoms. The molecule has 1 aromatic rings. The Labute approximate surface area is 89.1 Å². The zero-order chi connectivity index (χ0) is 9.97. The quantitative estimate of drug-likeness (QED) is 0.668. The molecule has 0 N–H and O–H groups in total. The first kappa shape index (κ1) is 9.71. The van der Waals surface area contributed by atoms with Gasteiger partial charge in [-0.1, -0.05) is 6.92 Å². The molecule has 1 fully saturated rings. The molecule has 3 nitrogen and oxygen atoms in total. The summed E-state index contributed by atoms with van der Waals surface area (Å²) in [5, 5.41) is 0.319. The van der Waals surface area contributed by atoms with E-state index in [2.05, 4.69) is 21.8 Å². The van der Waals surface area contributed by atoms with Gasteiger partial charge in [-0.3, -0.25) is 0 Å². The van der Waals surface area contributed by atoms with Crippen LogP contribution in [0.4, 0.5) is 5.69 Å². The van der Waals surface area contributed by atoms with E-state index in [-0.39, 0.29) is 0 Å². The predicted molar refractivity (Wildman–Crippen MR) is 57.7 cm³/mol. The number of halogens is 1. The molecule has 0 saturated carbocycles. The summed E-state index contributed by atoms with van der Waals surface area (Å²) in [6, 6.07) is 0. The standard InChI is InChI=1S/C10H14ClN3/c1-8-2-4-14(5-3-8)9-6-12-10(11)13-7-9/h6-8H,2-5H2,1H3. The highest BCUT2D eigenvalue weighted by Gasteiger charge is 2.16. The third-order valence-electron chi connectivity index (χ3n) is 2.76. The van der Waals surface area contributed by atoms with Gasteiger partial charge in [0.2, 0.25) is 5.28 Å². The fraction of sp³-hybridized carbons (Fsp3) is 0.600. The molecule has 0 bridgehead atoms. The van der Waals surface area contributed by atoms with Gasteiger partial charge in [-0.05, 0) is 30.4 Å². The Kier molecular flexibility index (Phi) is 2.87. The van der Waals surface area contributed by atoms with Crippen LogP contribution in [0, 0.1) is 5.92 Å². The number of aromatic nitrogens is 2. The maximum Gasteiger partial charge on any atom is 0.222 e. The van der Waals surface area contributed by atoms with E-state index in [1.807, 2.05) is 0 Å². The molecule has 1 aliphatic rings. The van der Waals surface area contributed by atoms with Crippen molar-refractivity contribution < 1.29 is 0 Å². The van der Waals surface area contributed by atoms with Crippen molar-refractivity contribution in [3.05, 3.63) is 17.7 Å². The van der Waals surface area contributed by atoms with Gasteiger partial charge in [0.1, 0.15) is 0 Å². The number of rotatable bonds is 1. The summed E-state index contributed by atoms with van der Waals surface area (Å²) in [6.45, 7) is 4.51. The molecule has 0 aliphatic carbocycles. The zero-order valence-electron chi connectivity index (χ0n) is 8.28. The number of hydrogen-bond donors (Lipinski definition) is 0. The maximum absolute atomic E-state index is 5.63. The second-order valence-corrected chi connectivity index (χ2v) is 4.22. The molecule has 14 heavy (non-hydrogen) atoms. The van der Waals surface area contributed by atoms with Crippen molar-refractivity contribution in [1.29, 1.82) is 0 Å². The number of piperidine rings is 1. The maximum atomic E-state index is 5.63. The Morgan fingerprint density at radius 2 is 1.86 bits per heavy atom. The fourth-order valence-corrected chi connectivity index (χ4v) is 1.83. The third-order valence-corrected chi connectivity index (χ3v) is 2.95. The summed E-state index contributed by atoms with van der Waals surface area (Å²) in [4.78, 5) is 10.3. The van der Waals surface area contributed by atoms with Gasteiger partial charge in [-0.25, -0.2) is 9.97 Å². The lowest BCUT2D eigenvalue weighted by Gasteiger charge is -2.31. The van der Waals surface area contributed by atoms with E-state index in [9.17, 15) is 0 Å². The third kappa shape index (κ3) is 2.15. The fourth-order valence-electron chi connectivity index (χ4n) is 1.74. The van der Waals surface area contributed by atoms with Crippen molar-refractivity contribution in [3.63, 3.8) is 0 Å². The molecule has 0 aromatic carbocycles. The van der Waals surface area contributed by atoms with Crippen LogP contribution in [0.5, 0.6) is 0 Å². The van der Waals surface area contributed by atoms with Gasteiger partial charge in [0.15, 0.2) is 0 Å². The second-order valence-electron chi connectivity index (χ2n) is 3.88. The lowest BCUT2D eigenvalue weighted by atomic mass is 9.99. The first-order valence-electron chi connectivity index (χ1n) is 4.98. The molecule has 1 saturated heterocycles. The first-order valence-corrected chi connectivity index (χ1v) is 5.36. The van der Waals surface area contributed by atoms with Gasteiger partial charge in [0.05, 0.1) is 18.1 Å². The van der Waals surface area contributed by atoms with E-state index in [1.165, 1.54) is 12.8 Å². The Morgan fingerprint density at radius 3 is 2.43 bits per heavy atom. The average molecular weight is 212 g/mol. The van der Waals surface area contributed by atoms with Gasteiger partial charge in [-0.2, -0.15) is 0 Å². The summed E-state index contributed by atoms with van der Waals surface area (Å²) in [5.41, 5.74) is 1.08. The smallest absolute Gasteiger partial charge is 0.222 e. The molecule has 2 heterocycles. The van der Waals surface area contributed by atoms with Crippen LogP contribution in [0.15, 0.2) is 12.4 Å². The predicted octanol–water partition coefficient (Wildman–Crippen LogP) is 2.37. The van der Waals surface area contributed by atoms with Crippen LogP contribution in [0.1, 0.15) is 19.8 Å². The Bertz CT molecular complexity index is 291. The summed E-state index contributed by atoms with van der Waals surface area (Å²) in [5.74, 6) is 0.847. The van der Waals surface area contributed by atoms with Crippen LogP contribution in [0.2, 0.25) is 5.28 Å². The summed E-state index contributed by atoms with van der Waals surface area (Å²) >= 11 is 5.63. The van der Waals surface area contributed by atoms with E-state index in [0.29, 0.717) is 5.28 Å². The van der Waals surface area contributed by atoms with Crippen LogP contribution >= 0.6 is 11.6 Å². The molecule has 0 atom stereocenters. The lowest BCUT2D eigenvalue weighted by molar-refractivity contribution is 0.438. The monoisotopic (exact) mass is 211 g/mol. The van der Waals surface area contributed by atoms with Crippen molar-refractivity contribution >= 4 is 17.3 Å². The van der Waals surface area contributed by atoms with Crippen molar-refractivity contribution in [1.82, 2.24) is 9.97 Å². The van der Waals surface area contributed by atoms with Crippen LogP contribution in [-0.4, -0.2) is 23.1 Å². The minimum atomic E-state index is 0.319. The van der Waals surface area contributed by atoms with E-state index in [1.54, 1.807) is 12.4 Å². The van der Waals surface area contributed by atoms with Gasteiger partial charge < -0.3 is 4.90 Å². The number of anilines is 1. The molecule has 4 heteroatoms. The molecule has 1 aliphatic heterocycles. The summed E-state index contributed by atoms with van der Waals surface area (Å²) < 4.78 is 0. The minimum Gasteiger partial charge on any atom is -0.369 e. The van der Waals surface area contributed by atoms with Crippen molar-refractivity contribution in [2.24, 2.45) is 5.92 Å². The summed E-state index contributed by atoms with van der Waals surface area (Å²) in [6.07, 6.45) is 6.10. The molecular weight excluding hydrogens is 198 g/mol. The van der Waals surface area contributed by atoms with E-state index in [4.69, 9.17) is 11.6 Å². The highest BCUT2D eigenvalue weighted by atomic mass is 35.5. The van der Waals surface area contributed by atoms with E-state index >= 15 is 0 Å². The highest BCUT2D eigenvalue weighted by Crippen LogP contribution is 2.21. The van der Waals surface area contributed by atoms with E-state index in [0.717, 1.165) is 24.7 Å². The minimum absolute atomic E-state index is 0.319. The Hall–Kier alpha value is -0.830. The van der Waals surface area contributed by atoms with Crippen molar-refractivity contribution in [2.45, 2.75) is 19.8 Å². The zero-order valence-corrected chi connectivity index (χ0v) is 9.04. The lowest BCUT2D eigenvalue weighted by Crippen LogP contribution is -2.32. The van der Waals surface area contributed by atoms with Gasteiger partial charge in [-0.15, -0.1) is 0 Å². The average Bonchev–Trinajstić information content (AvgIpc) is 2.21. The van der Waals surface area contributed by atoms with Crippen LogP contribution in [0.3, 0.4) is 0 Å². The molecule has 76 valence electrons. The Morgan fingerprint density at radius 1 is 1.29 bits per heavy atom. The molecule has 0 amide bonds. The normalized spacial score (nSPS) is 18.6. The molecule has 0 radical (unpaired) electrons. The molecule has 0 unspecified atom stereocenters. The van der Waals surface area contributed by atoms with Gasteiger partial charge >= 0.3 is 0 Å². The Balaban J connectivity index is 2.05. The van der Waals surface area contributed by atoms with Gasteiger partial charge in [0, 0.05) is 13.1 Å². The van der Waals surface area contributed by atoms with Gasteiger partial charge in [0.25, 0.3) is 0 Å². The number of nitrogens with zero attached hydrogens (tertiary/aromatic N) is 3. The topological polar surface area (TPSA) is 29.0 Å². The van der Waals surface area contributed by atoms with Crippen molar-refractivity contribution in [3.8, 4) is 0 Å². The van der Waals surface area contributed by atoms with Crippen molar-refractivity contribution in [2.75, 3.05) is 18.0 Å². The first-order chi connectivity index (χ1) is 6.75. The molecular formula is C10H14ClN3.